The third kappa shape index (κ3) is 6.73. The van der Waals surface area contributed by atoms with Crippen LogP contribution in [-0.2, 0) is 5.75 Å². The molecule has 1 aromatic carbocycles. The van der Waals surface area contributed by atoms with Gasteiger partial charge < -0.3 is 13.7 Å². The van der Waals surface area contributed by atoms with E-state index in [-0.39, 0.29) is 59.1 Å². The zero-order valence-corrected chi connectivity index (χ0v) is 15.8. The average Bonchev–Trinajstić information content (AvgIpc) is 2.29. The molecule has 0 saturated heterocycles. The Morgan fingerprint density at radius 1 is 0.947 bits per heavy atom. The molecular weight excluding hydrogens is 284 g/mol. The summed E-state index contributed by atoms with van der Waals surface area (Å²) >= 11 is 0. The van der Waals surface area contributed by atoms with Crippen LogP contribution in [0.2, 0.25) is 0 Å². The van der Waals surface area contributed by atoms with Crippen LogP contribution in [0.3, 0.4) is 0 Å². The Hall–Kier alpha value is 0.600. The Kier molecular flexibility index (Phi) is 9.07. The van der Waals surface area contributed by atoms with Gasteiger partial charge in [0, 0.05) is 23.2 Å². The summed E-state index contributed by atoms with van der Waals surface area (Å²) in [6.45, 7) is 0. The summed E-state index contributed by atoms with van der Waals surface area (Å²) in [6.07, 6.45) is 1.59. The fourth-order valence-electron chi connectivity index (χ4n) is 1.50. The molecule has 0 atom stereocenters. The first-order valence-electron chi connectivity index (χ1n) is 5.00. The molecule has 0 radical (unpaired) electrons. The summed E-state index contributed by atoms with van der Waals surface area (Å²) in [5.74, 6) is -0.456. The van der Waals surface area contributed by atoms with Crippen LogP contribution in [0.1, 0.15) is 5.69 Å². The van der Waals surface area contributed by atoms with E-state index in [0.717, 1.165) is 11.1 Å². The van der Waals surface area contributed by atoms with Gasteiger partial charge in [0.05, 0.1) is 0 Å². The zero-order valence-electron chi connectivity index (χ0n) is 10.9. The van der Waals surface area contributed by atoms with Crippen molar-refractivity contribution in [3.05, 3.63) is 54.4 Å². The van der Waals surface area contributed by atoms with Crippen molar-refractivity contribution in [2.24, 2.45) is 0 Å². The van der Waals surface area contributed by atoms with Gasteiger partial charge in [-0.2, -0.15) is 0 Å². The van der Waals surface area contributed by atoms with Crippen LogP contribution in [0.25, 0.3) is 11.1 Å². The Morgan fingerprint density at radius 3 is 2.05 bits per heavy atom. The zero-order chi connectivity index (χ0) is 12.3. The minimum Gasteiger partial charge on any atom is -0.803 e. The molecule has 4 nitrogen and oxygen atoms in total. The maximum atomic E-state index is 10.7. The van der Waals surface area contributed by atoms with E-state index in [2.05, 4.69) is 4.98 Å². The van der Waals surface area contributed by atoms with Gasteiger partial charge in [-0.05, 0) is 11.6 Å². The Morgan fingerprint density at radius 2 is 1.58 bits per heavy atom. The molecule has 0 amide bonds. The van der Waals surface area contributed by atoms with E-state index in [1.165, 1.54) is 0 Å². The van der Waals surface area contributed by atoms with Crippen molar-refractivity contribution in [1.29, 1.82) is 0 Å². The summed E-state index contributed by atoms with van der Waals surface area (Å²) < 4.78 is 30.0. The molecule has 0 unspecified atom stereocenters. The van der Waals surface area contributed by atoms with E-state index in [1.54, 1.807) is 18.3 Å². The topological polar surface area (TPSA) is 79.2 Å². The van der Waals surface area contributed by atoms with Crippen LogP contribution < -0.4 is 59.1 Å². The first-order chi connectivity index (χ1) is 8.04. The molecule has 0 aliphatic heterocycles. The van der Waals surface area contributed by atoms with Crippen molar-refractivity contribution in [3.63, 3.8) is 0 Å². The van der Waals surface area contributed by atoms with E-state index in [0.29, 0.717) is 5.69 Å². The molecule has 2 rings (SSSR count). The summed E-state index contributed by atoms with van der Waals surface area (Å²) in [7, 11) is -4.02. The first-order valence-corrected chi connectivity index (χ1v) is 6.61. The standard InChI is InChI=1S/C12H13NO3S.2Na/c14-17(15,16)9-12-7-6-11(8-13-12)10-4-2-1-3-5-10;;/h1-8,14-16H,9H2;;/q;2*+1/p-2. The van der Waals surface area contributed by atoms with Crippen LogP contribution in [-0.4, -0.2) is 18.6 Å². The van der Waals surface area contributed by atoms with Gasteiger partial charge >= 0.3 is 59.1 Å². The molecule has 0 saturated carbocycles. The van der Waals surface area contributed by atoms with Crippen molar-refractivity contribution in [2.75, 3.05) is 0 Å². The number of pyridine rings is 1. The van der Waals surface area contributed by atoms with Crippen molar-refractivity contribution in [2.45, 2.75) is 5.75 Å². The third-order valence-corrected chi connectivity index (χ3v) is 2.92. The van der Waals surface area contributed by atoms with Crippen LogP contribution in [0.15, 0.2) is 48.7 Å². The van der Waals surface area contributed by atoms with Crippen LogP contribution >= 0.6 is 10.9 Å². The molecule has 2 aromatic rings. The molecule has 0 aliphatic carbocycles. The van der Waals surface area contributed by atoms with Gasteiger partial charge in [0.15, 0.2) is 0 Å². The molecule has 0 spiro atoms. The minimum atomic E-state index is -4.02. The smallest absolute Gasteiger partial charge is 0.803 e. The van der Waals surface area contributed by atoms with Crippen LogP contribution in [0.5, 0.6) is 0 Å². The summed E-state index contributed by atoms with van der Waals surface area (Å²) in [5.41, 5.74) is 2.25. The van der Waals surface area contributed by atoms with Gasteiger partial charge in [-0.3, -0.25) is 15.9 Å². The fraction of sp³-hybridized carbons (Fsp3) is 0.0833. The summed E-state index contributed by atoms with van der Waals surface area (Å²) in [6, 6.07) is 13.0. The SMILES string of the molecule is [Na+].[Na+].[O-]S([O-])(O)Cc1ccc(-c2ccccc2)cn1. The largest absolute Gasteiger partial charge is 1.00 e. The molecule has 7 heteroatoms. The van der Waals surface area contributed by atoms with E-state index < -0.39 is 16.6 Å². The van der Waals surface area contributed by atoms with Gasteiger partial charge in [0.1, 0.15) is 0 Å². The molecule has 0 fully saturated rings. The molecule has 1 N–H and O–H groups in total. The number of aromatic nitrogens is 1. The number of rotatable bonds is 3. The van der Waals surface area contributed by atoms with E-state index in [9.17, 15) is 9.11 Å². The van der Waals surface area contributed by atoms with Gasteiger partial charge in [0.2, 0.25) is 0 Å². The van der Waals surface area contributed by atoms with Gasteiger partial charge in [-0.1, -0.05) is 36.4 Å². The Bertz CT molecular complexity index is 489. The molecule has 90 valence electrons. The molecule has 0 aliphatic rings. The quantitative estimate of drug-likeness (QED) is 0.605. The molecule has 0 bridgehead atoms. The molecular formula is C12H11NNa2O3S. The number of benzene rings is 1. The second-order valence-electron chi connectivity index (χ2n) is 3.63. The maximum absolute atomic E-state index is 10.7. The Labute approximate surface area is 158 Å². The van der Waals surface area contributed by atoms with E-state index in [4.69, 9.17) is 4.55 Å². The predicted octanol–water partition coefficient (Wildman–Crippen LogP) is -3.20. The second-order valence-corrected chi connectivity index (χ2v) is 5.08. The minimum absolute atomic E-state index is 0. The molecule has 1 heterocycles. The predicted molar refractivity (Wildman–Crippen MR) is 65.2 cm³/mol. The van der Waals surface area contributed by atoms with Crippen molar-refractivity contribution >= 4 is 10.9 Å². The van der Waals surface area contributed by atoms with Crippen molar-refractivity contribution in [1.82, 2.24) is 4.98 Å². The molecule has 1 aromatic heterocycles. The second kappa shape index (κ2) is 8.79. The average molecular weight is 295 g/mol. The Balaban J connectivity index is 0.00000162. The fourth-order valence-corrected chi connectivity index (χ4v) is 2.04. The van der Waals surface area contributed by atoms with Gasteiger partial charge in [-0.15, -0.1) is 0 Å². The molecule has 19 heavy (non-hydrogen) atoms. The monoisotopic (exact) mass is 295 g/mol. The number of hydrogen-bond acceptors (Lipinski definition) is 4. The van der Waals surface area contributed by atoms with Crippen LogP contribution in [0.4, 0.5) is 0 Å². The maximum Gasteiger partial charge on any atom is 1.00 e. The summed E-state index contributed by atoms with van der Waals surface area (Å²) in [4.78, 5) is 4.00. The van der Waals surface area contributed by atoms with E-state index in [1.807, 2.05) is 30.3 Å². The van der Waals surface area contributed by atoms with Gasteiger partial charge in [0.25, 0.3) is 0 Å². The number of hydrogen-bond donors (Lipinski definition) is 1. The van der Waals surface area contributed by atoms with Gasteiger partial charge in [-0.25, -0.2) is 0 Å². The third-order valence-electron chi connectivity index (χ3n) is 2.26. The van der Waals surface area contributed by atoms with Crippen molar-refractivity contribution in [3.8, 4) is 11.1 Å². The number of nitrogens with zero attached hydrogens (tertiary/aromatic N) is 1. The van der Waals surface area contributed by atoms with E-state index >= 15 is 0 Å². The summed E-state index contributed by atoms with van der Waals surface area (Å²) in [5, 5.41) is 0. The van der Waals surface area contributed by atoms with Crippen molar-refractivity contribution < 1.29 is 72.8 Å². The first kappa shape index (κ1) is 19.6. The van der Waals surface area contributed by atoms with Crippen LogP contribution in [0, 0.1) is 0 Å². The normalized spacial score (nSPS) is 11.1.